The summed E-state index contributed by atoms with van der Waals surface area (Å²) in [4.78, 5) is 31.2. The van der Waals surface area contributed by atoms with Gasteiger partial charge in [0.15, 0.2) is 0 Å². The van der Waals surface area contributed by atoms with E-state index < -0.39 is 0 Å². The Labute approximate surface area is 139 Å². The monoisotopic (exact) mass is 314 g/mol. The van der Waals surface area contributed by atoms with Crippen LogP contribution in [0, 0.1) is 6.92 Å². The summed E-state index contributed by atoms with van der Waals surface area (Å²) < 4.78 is 0. The lowest BCUT2D eigenvalue weighted by atomic mass is 10.00. The summed E-state index contributed by atoms with van der Waals surface area (Å²) in [7, 11) is 0. The van der Waals surface area contributed by atoms with Crippen LogP contribution in [0.25, 0.3) is 11.3 Å². The summed E-state index contributed by atoms with van der Waals surface area (Å²) in [6.45, 7) is 1.84. The second kappa shape index (κ2) is 5.42. The van der Waals surface area contributed by atoms with Crippen molar-refractivity contribution in [2.75, 3.05) is 4.90 Å². The number of carbonyl (C=O) groups excluding carboxylic acids is 2. The Balaban J connectivity index is 1.86. The van der Waals surface area contributed by atoms with Crippen LogP contribution < -0.4 is 4.90 Å². The van der Waals surface area contributed by atoms with E-state index in [9.17, 15) is 9.59 Å². The first-order valence-electron chi connectivity index (χ1n) is 7.67. The third-order valence-electron chi connectivity index (χ3n) is 4.23. The number of fused-ring (bicyclic) bond motifs is 1. The van der Waals surface area contributed by atoms with Gasteiger partial charge in [-0.2, -0.15) is 0 Å². The number of nitrogens with zero attached hydrogens (tertiary/aromatic N) is 2. The molecule has 0 aliphatic carbocycles. The molecular formula is C20H14N2O2. The summed E-state index contributed by atoms with van der Waals surface area (Å²) in [6, 6.07) is 18.6. The number of benzene rings is 2. The van der Waals surface area contributed by atoms with Gasteiger partial charge in [-0.3, -0.25) is 14.6 Å². The molecule has 0 unspecified atom stereocenters. The Kier molecular flexibility index (Phi) is 3.24. The molecule has 24 heavy (non-hydrogen) atoms. The van der Waals surface area contributed by atoms with Crippen LogP contribution >= 0.6 is 0 Å². The van der Waals surface area contributed by atoms with E-state index in [0.29, 0.717) is 16.8 Å². The maximum absolute atomic E-state index is 12.9. The van der Waals surface area contributed by atoms with Gasteiger partial charge in [-0.15, -0.1) is 0 Å². The second-order valence-electron chi connectivity index (χ2n) is 5.67. The first-order valence-corrected chi connectivity index (χ1v) is 7.67. The molecule has 0 saturated carbocycles. The number of amides is 2. The molecule has 1 aliphatic rings. The summed E-state index contributed by atoms with van der Waals surface area (Å²) in [5.74, 6) is -0.616. The lowest BCUT2D eigenvalue weighted by molar-refractivity contribution is 0.0926. The summed E-state index contributed by atoms with van der Waals surface area (Å²) in [5, 5.41) is 0. The van der Waals surface area contributed by atoms with E-state index in [0.717, 1.165) is 16.8 Å². The maximum Gasteiger partial charge on any atom is 0.267 e. The molecule has 0 atom stereocenters. The fraction of sp³-hybridized carbons (Fsp3) is 0.0500. The molecule has 2 amide bonds. The highest BCUT2D eigenvalue weighted by atomic mass is 16.2. The van der Waals surface area contributed by atoms with Gasteiger partial charge < -0.3 is 0 Å². The van der Waals surface area contributed by atoms with Crippen molar-refractivity contribution in [2.24, 2.45) is 0 Å². The van der Waals surface area contributed by atoms with E-state index in [1.54, 1.807) is 24.3 Å². The molecule has 2 heterocycles. The first kappa shape index (κ1) is 14.3. The SMILES string of the molecule is Cc1c(-c2ccccc2)ncc2c1C(=O)N(c1ccccc1)C2=O. The van der Waals surface area contributed by atoms with Gasteiger partial charge in [0.05, 0.1) is 22.5 Å². The fourth-order valence-electron chi connectivity index (χ4n) is 3.07. The van der Waals surface area contributed by atoms with Gasteiger partial charge in [0.25, 0.3) is 11.8 Å². The predicted octanol–water partition coefficient (Wildman–Crippen LogP) is 3.86. The standard InChI is InChI=1S/C20H14N2O2/c1-13-17-16(12-21-18(13)14-8-4-2-5-9-14)19(23)22(20(17)24)15-10-6-3-7-11-15/h2-12H,1H3. The van der Waals surface area contributed by atoms with Crippen molar-refractivity contribution >= 4 is 17.5 Å². The molecule has 0 radical (unpaired) electrons. The highest BCUT2D eigenvalue weighted by molar-refractivity contribution is 6.35. The van der Waals surface area contributed by atoms with Gasteiger partial charge >= 0.3 is 0 Å². The first-order chi connectivity index (χ1) is 11.7. The van der Waals surface area contributed by atoms with Gasteiger partial charge in [0, 0.05) is 11.8 Å². The predicted molar refractivity (Wildman–Crippen MR) is 92.0 cm³/mol. The number of imide groups is 1. The number of rotatable bonds is 2. The molecule has 1 aliphatic heterocycles. The van der Waals surface area contributed by atoms with Crippen LogP contribution in [-0.4, -0.2) is 16.8 Å². The molecule has 4 nitrogen and oxygen atoms in total. The number of para-hydroxylation sites is 1. The molecule has 0 fully saturated rings. The molecule has 0 saturated heterocycles. The fourth-order valence-corrected chi connectivity index (χ4v) is 3.07. The normalized spacial score (nSPS) is 13.3. The maximum atomic E-state index is 12.9. The Morgan fingerprint density at radius 2 is 1.46 bits per heavy atom. The molecular weight excluding hydrogens is 300 g/mol. The highest BCUT2D eigenvalue weighted by Gasteiger charge is 2.39. The van der Waals surface area contributed by atoms with Gasteiger partial charge in [-0.25, -0.2) is 4.90 Å². The summed E-state index contributed by atoms with van der Waals surface area (Å²) >= 11 is 0. The summed E-state index contributed by atoms with van der Waals surface area (Å²) in [6.07, 6.45) is 1.51. The number of pyridine rings is 1. The lowest BCUT2D eigenvalue weighted by Crippen LogP contribution is -2.29. The van der Waals surface area contributed by atoms with Crippen LogP contribution in [0.2, 0.25) is 0 Å². The molecule has 4 heteroatoms. The van der Waals surface area contributed by atoms with Crippen LogP contribution in [0.3, 0.4) is 0 Å². The third-order valence-corrected chi connectivity index (χ3v) is 4.23. The smallest absolute Gasteiger partial charge is 0.267 e. The highest BCUT2D eigenvalue weighted by Crippen LogP contribution is 2.33. The zero-order chi connectivity index (χ0) is 16.7. The Morgan fingerprint density at radius 3 is 2.12 bits per heavy atom. The third kappa shape index (κ3) is 2.04. The van der Waals surface area contributed by atoms with E-state index in [2.05, 4.69) is 4.98 Å². The molecule has 0 N–H and O–H groups in total. The average Bonchev–Trinajstić information content (AvgIpc) is 2.88. The molecule has 3 aromatic rings. The number of hydrogen-bond donors (Lipinski definition) is 0. The van der Waals surface area contributed by atoms with Crippen molar-refractivity contribution < 1.29 is 9.59 Å². The van der Waals surface area contributed by atoms with Gasteiger partial charge in [-0.1, -0.05) is 48.5 Å². The van der Waals surface area contributed by atoms with Crippen molar-refractivity contribution in [3.05, 3.63) is 83.6 Å². The Morgan fingerprint density at radius 1 is 0.833 bits per heavy atom. The van der Waals surface area contributed by atoms with Gasteiger partial charge in [0.1, 0.15) is 0 Å². The van der Waals surface area contributed by atoms with Crippen molar-refractivity contribution in [1.29, 1.82) is 0 Å². The zero-order valence-corrected chi connectivity index (χ0v) is 13.1. The van der Waals surface area contributed by atoms with Crippen LogP contribution in [0.5, 0.6) is 0 Å². The van der Waals surface area contributed by atoms with Crippen molar-refractivity contribution in [2.45, 2.75) is 6.92 Å². The molecule has 2 aromatic carbocycles. The minimum atomic E-state index is -0.323. The number of anilines is 1. The Bertz CT molecular complexity index is 950. The minimum absolute atomic E-state index is 0.293. The van der Waals surface area contributed by atoms with Crippen molar-refractivity contribution in [1.82, 2.24) is 4.98 Å². The van der Waals surface area contributed by atoms with E-state index in [-0.39, 0.29) is 11.8 Å². The van der Waals surface area contributed by atoms with E-state index in [4.69, 9.17) is 0 Å². The quantitative estimate of drug-likeness (QED) is 0.675. The number of aromatic nitrogens is 1. The molecule has 116 valence electrons. The van der Waals surface area contributed by atoms with Crippen LogP contribution in [-0.2, 0) is 0 Å². The van der Waals surface area contributed by atoms with E-state index >= 15 is 0 Å². The molecule has 1 aromatic heterocycles. The van der Waals surface area contributed by atoms with E-state index in [1.807, 2.05) is 43.3 Å². The summed E-state index contributed by atoms with van der Waals surface area (Å²) in [5.41, 5.74) is 3.76. The molecule has 4 rings (SSSR count). The van der Waals surface area contributed by atoms with Gasteiger partial charge in [-0.05, 0) is 24.6 Å². The van der Waals surface area contributed by atoms with Crippen LogP contribution in [0.1, 0.15) is 26.3 Å². The number of hydrogen-bond acceptors (Lipinski definition) is 3. The van der Waals surface area contributed by atoms with Crippen molar-refractivity contribution in [3.8, 4) is 11.3 Å². The van der Waals surface area contributed by atoms with Crippen LogP contribution in [0.15, 0.2) is 66.9 Å². The molecule has 0 bridgehead atoms. The lowest BCUT2D eigenvalue weighted by Gasteiger charge is -2.13. The minimum Gasteiger partial charge on any atom is -0.268 e. The van der Waals surface area contributed by atoms with Gasteiger partial charge in [0.2, 0.25) is 0 Å². The van der Waals surface area contributed by atoms with Crippen molar-refractivity contribution in [3.63, 3.8) is 0 Å². The average molecular weight is 314 g/mol. The largest absolute Gasteiger partial charge is 0.268 e. The Hall–Kier alpha value is -3.27. The topological polar surface area (TPSA) is 50.3 Å². The zero-order valence-electron chi connectivity index (χ0n) is 13.1. The molecule has 0 spiro atoms. The number of carbonyl (C=O) groups is 2. The second-order valence-corrected chi connectivity index (χ2v) is 5.67. The van der Waals surface area contributed by atoms with Crippen LogP contribution in [0.4, 0.5) is 5.69 Å². The van der Waals surface area contributed by atoms with E-state index in [1.165, 1.54) is 11.1 Å².